The molecule has 4 heterocycles. The van der Waals surface area contributed by atoms with Crippen LogP contribution in [0.4, 0.5) is 45.5 Å². The third-order valence-corrected chi connectivity index (χ3v) is 17.8. The number of rotatable bonds is 3. The van der Waals surface area contributed by atoms with Crippen LogP contribution < -0.4 is 31.1 Å². The molecule has 4 aliphatic rings. The van der Waals surface area contributed by atoms with Crippen molar-refractivity contribution in [2.45, 2.75) is 129 Å². The van der Waals surface area contributed by atoms with E-state index in [2.05, 4.69) is 230 Å². The van der Waals surface area contributed by atoms with E-state index in [1.54, 1.807) is 0 Å². The van der Waals surface area contributed by atoms with E-state index in [1.165, 1.54) is 124 Å². The standard InChI is InChI=1S/C62H64BN3S/c1-58(2,3)39-20-18-21-42(34-39)64-50-35-40(59(4,5)6)28-30-46(50)63-47-31-29-41(60(7,8)9)36-51(47)65(49-25-19-27-55-56(49)44-22-12-15-26-54(44)67-55)53-38-43(37-52(64)57(53)63)66-48-24-14-13-23-45(48)61(10)32-16-17-33-62(61,66)11/h12-15,18-31,34-38H,16-17,32-33H2,1-11H3. The molecule has 3 nitrogen and oxygen atoms in total. The van der Waals surface area contributed by atoms with Gasteiger partial charge in [-0.3, -0.25) is 0 Å². The fourth-order valence-corrected chi connectivity index (χ4v) is 13.9. The molecule has 0 radical (unpaired) electrons. The molecule has 3 aliphatic heterocycles. The fourth-order valence-electron chi connectivity index (χ4n) is 12.7. The molecule has 0 spiro atoms. The molecule has 0 amide bonds. The highest BCUT2D eigenvalue weighted by molar-refractivity contribution is 7.26. The van der Waals surface area contributed by atoms with Crippen LogP contribution in [0, 0.1) is 0 Å². The molecular formula is C62H64BN3S. The predicted octanol–water partition coefficient (Wildman–Crippen LogP) is 15.8. The first-order valence-electron chi connectivity index (χ1n) is 24.8. The van der Waals surface area contributed by atoms with E-state index in [0.717, 1.165) is 6.42 Å². The van der Waals surface area contributed by atoms with E-state index in [4.69, 9.17) is 0 Å². The number of hydrogen-bond donors (Lipinski definition) is 0. The summed E-state index contributed by atoms with van der Waals surface area (Å²) >= 11 is 1.91. The van der Waals surface area contributed by atoms with Gasteiger partial charge in [-0.1, -0.05) is 161 Å². The molecule has 8 aromatic rings. The molecule has 7 aromatic carbocycles. The maximum atomic E-state index is 2.80. The summed E-state index contributed by atoms with van der Waals surface area (Å²) in [6.45, 7) is 26.3. The van der Waals surface area contributed by atoms with Crippen molar-refractivity contribution in [3.05, 3.63) is 162 Å². The first-order chi connectivity index (χ1) is 31.9. The van der Waals surface area contributed by atoms with Gasteiger partial charge in [0.1, 0.15) is 0 Å². The van der Waals surface area contributed by atoms with Crippen LogP contribution in [-0.4, -0.2) is 12.3 Å². The smallest absolute Gasteiger partial charge is 0.252 e. The molecule has 1 aliphatic carbocycles. The second-order valence-corrected chi connectivity index (χ2v) is 24.8. The van der Waals surface area contributed by atoms with E-state index in [1.807, 2.05) is 11.3 Å². The summed E-state index contributed by atoms with van der Waals surface area (Å²) < 4.78 is 2.64. The van der Waals surface area contributed by atoms with E-state index >= 15 is 0 Å². The zero-order valence-electron chi connectivity index (χ0n) is 41.4. The highest BCUT2D eigenvalue weighted by Gasteiger charge is 2.58. The molecule has 67 heavy (non-hydrogen) atoms. The Bertz CT molecular complexity index is 3340. The number of nitrogens with zero attached hydrogens (tertiary/aromatic N) is 3. The van der Waals surface area contributed by atoms with Crippen LogP contribution in [0.15, 0.2) is 140 Å². The SMILES string of the molecule is CC(C)(C)c1cccc(N2c3cc(C(C)(C)C)ccc3B3c4ccc(C(C)(C)C)cc4N(c4cccc5sc6ccccc6c45)c4cc(N5c6ccccc6C6(C)CCCCC56C)cc2c43)c1. The highest BCUT2D eigenvalue weighted by atomic mass is 32.1. The fraction of sp³-hybridized carbons (Fsp3) is 0.323. The van der Waals surface area contributed by atoms with Gasteiger partial charge in [0.2, 0.25) is 0 Å². The number of benzene rings is 7. The zero-order chi connectivity index (χ0) is 46.6. The topological polar surface area (TPSA) is 9.72 Å². The number of hydrogen-bond acceptors (Lipinski definition) is 4. The van der Waals surface area contributed by atoms with Crippen molar-refractivity contribution in [3.8, 4) is 0 Å². The van der Waals surface area contributed by atoms with Crippen LogP contribution in [-0.2, 0) is 21.7 Å². The van der Waals surface area contributed by atoms with Crippen molar-refractivity contribution in [2.24, 2.45) is 0 Å². The summed E-state index contributed by atoms with van der Waals surface area (Å²) in [4.78, 5) is 8.17. The van der Waals surface area contributed by atoms with Crippen molar-refractivity contribution in [3.63, 3.8) is 0 Å². The second-order valence-electron chi connectivity index (χ2n) is 23.8. The summed E-state index contributed by atoms with van der Waals surface area (Å²) in [5.41, 5.74) is 19.6. The first kappa shape index (κ1) is 42.6. The molecule has 1 fully saturated rings. The van der Waals surface area contributed by atoms with Crippen LogP contribution >= 0.6 is 11.3 Å². The molecule has 0 saturated heterocycles. The summed E-state index contributed by atoms with van der Waals surface area (Å²) in [6.07, 6.45) is 4.82. The Labute approximate surface area is 403 Å². The Morgan fingerprint density at radius 3 is 1.75 bits per heavy atom. The third-order valence-electron chi connectivity index (χ3n) is 16.7. The van der Waals surface area contributed by atoms with Gasteiger partial charge in [0.25, 0.3) is 6.71 Å². The number of para-hydroxylation sites is 1. The van der Waals surface area contributed by atoms with Crippen LogP contribution in [0.25, 0.3) is 20.2 Å². The average molecular weight is 894 g/mol. The quantitative estimate of drug-likeness (QED) is 0.164. The predicted molar refractivity (Wildman–Crippen MR) is 292 cm³/mol. The summed E-state index contributed by atoms with van der Waals surface area (Å²) in [5.74, 6) is 0. The van der Waals surface area contributed by atoms with Crippen molar-refractivity contribution < 1.29 is 0 Å². The summed E-state index contributed by atoms with van der Waals surface area (Å²) in [6, 6.07) is 55.0. The minimum atomic E-state index is -0.112. The normalized spacial score (nSPS) is 19.9. The Kier molecular flexibility index (Phi) is 9.13. The number of fused-ring (bicyclic) bond motifs is 10. The number of anilines is 8. The van der Waals surface area contributed by atoms with Gasteiger partial charge in [0.15, 0.2) is 0 Å². The Morgan fingerprint density at radius 1 is 0.478 bits per heavy atom. The number of thiophene rings is 1. The minimum Gasteiger partial charge on any atom is -0.334 e. The van der Waals surface area contributed by atoms with Gasteiger partial charge >= 0.3 is 0 Å². The Hall–Kier alpha value is -5.78. The van der Waals surface area contributed by atoms with E-state index in [0.29, 0.717) is 0 Å². The largest absolute Gasteiger partial charge is 0.334 e. The van der Waals surface area contributed by atoms with Gasteiger partial charge < -0.3 is 14.7 Å². The highest BCUT2D eigenvalue weighted by Crippen LogP contribution is 2.62. The Morgan fingerprint density at radius 2 is 1.04 bits per heavy atom. The van der Waals surface area contributed by atoms with Gasteiger partial charge in [0.05, 0.1) is 11.2 Å². The molecule has 12 rings (SSSR count). The maximum absolute atomic E-state index is 2.80. The first-order valence-corrected chi connectivity index (χ1v) is 25.7. The van der Waals surface area contributed by atoms with Crippen molar-refractivity contribution in [1.29, 1.82) is 0 Å². The lowest BCUT2D eigenvalue weighted by Gasteiger charge is -2.51. The van der Waals surface area contributed by atoms with Crippen molar-refractivity contribution >= 4 is 100 Å². The summed E-state index contributed by atoms with van der Waals surface area (Å²) in [7, 11) is 0. The molecule has 336 valence electrons. The molecule has 2 atom stereocenters. The van der Waals surface area contributed by atoms with E-state index in [9.17, 15) is 0 Å². The van der Waals surface area contributed by atoms with Crippen molar-refractivity contribution in [1.82, 2.24) is 0 Å². The minimum absolute atomic E-state index is 0.0154. The second kappa shape index (κ2) is 14.4. The van der Waals surface area contributed by atoms with E-state index in [-0.39, 0.29) is 33.9 Å². The van der Waals surface area contributed by atoms with Crippen LogP contribution in [0.2, 0.25) is 0 Å². The third kappa shape index (κ3) is 6.15. The molecule has 0 N–H and O–H groups in total. The lowest BCUT2D eigenvalue weighted by atomic mass is 9.33. The van der Waals surface area contributed by atoms with E-state index < -0.39 is 0 Å². The monoisotopic (exact) mass is 893 g/mol. The van der Waals surface area contributed by atoms with Gasteiger partial charge in [-0.25, -0.2) is 0 Å². The van der Waals surface area contributed by atoms with Gasteiger partial charge in [-0.15, -0.1) is 11.3 Å². The van der Waals surface area contributed by atoms with Crippen LogP contribution in [0.1, 0.15) is 124 Å². The molecule has 1 aromatic heterocycles. The zero-order valence-corrected chi connectivity index (χ0v) is 42.3. The summed E-state index contributed by atoms with van der Waals surface area (Å²) in [5, 5.41) is 2.64. The lowest BCUT2D eigenvalue weighted by Crippen LogP contribution is -2.61. The molecule has 0 bridgehead atoms. The van der Waals surface area contributed by atoms with Crippen LogP contribution in [0.3, 0.4) is 0 Å². The van der Waals surface area contributed by atoms with Gasteiger partial charge in [0, 0.05) is 65.4 Å². The van der Waals surface area contributed by atoms with Gasteiger partial charge in [-0.05, 0) is 135 Å². The van der Waals surface area contributed by atoms with Crippen molar-refractivity contribution in [2.75, 3.05) is 14.7 Å². The lowest BCUT2D eigenvalue weighted by molar-refractivity contribution is 0.195. The molecule has 2 unspecified atom stereocenters. The van der Waals surface area contributed by atoms with Gasteiger partial charge in [-0.2, -0.15) is 0 Å². The maximum Gasteiger partial charge on any atom is 0.252 e. The molecular weight excluding hydrogens is 830 g/mol. The molecule has 1 saturated carbocycles. The average Bonchev–Trinajstić information content (AvgIpc) is 3.78. The van der Waals surface area contributed by atoms with Crippen LogP contribution in [0.5, 0.6) is 0 Å². The molecule has 5 heteroatoms. The Balaban J connectivity index is 1.25.